The van der Waals surface area contributed by atoms with Crippen molar-refractivity contribution in [3.8, 4) is 11.1 Å². The van der Waals surface area contributed by atoms with E-state index < -0.39 is 11.8 Å². The van der Waals surface area contributed by atoms with Gasteiger partial charge < -0.3 is 5.11 Å². The quantitative estimate of drug-likeness (QED) is 0.497. The number of halogens is 3. The summed E-state index contributed by atoms with van der Waals surface area (Å²) in [6.45, 7) is 0. The Morgan fingerprint density at radius 2 is 1.74 bits per heavy atom. The molecule has 7 heteroatoms. The lowest BCUT2D eigenvalue weighted by Gasteiger charge is -2.25. The minimum Gasteiger partial charge on any atom is -0.478 e. The van der Waals surface area contributed by atoms with E-state index in [0.29, 0.717) is 17.5 Å². The van der Waals surface area contributed by atoms with Gasteiger partial charge in [-0.05, 0) is 67.3 Å². The van der Waals surface area contributed by atoms with E-state index in [4.69, 9.17) is 23.2 Å². The summed E-state index contributed by atoms with van der Waals surface area (Å²) in [4.78, 5) is 24.7. The summed E-state index contributed by atoms with van der Waals surface area (Å²) < 4.78 is 16.6. The number of carbonyl (C=O) groups is 2. The molecule has 1 saturated carbocycles. The first kappa shape index (κ1) is 20.3. The van der Waals surface area contributed by atoms with E-state index in [1.807, 2.05) is 0 Å². The molecule has 0 aliphatic heterocycles. The molecule has 4 nitrogen and oxygen atoms in total. The molecule has 0 bridgehead atoms. The van der Waals surface area contributed by atoms with Gasteiger partial charge in [0.25, 0.3) is 5.91 Å². The van der Waals surface area contributed by atoms with Crippen molar-refractivity contribution < 1.29 is 19.1 Å². The Morgan fingerprint density at radius 1 is 1.03 bits per heavy atom. The summed E-state index contributed by atoms with van der Waals surface area (Å²) in [7, 11) is 0. The largest absolute Gasteiger partial charge is 0.478 e. The summed E-state index contributed by atoms with van der Waals surface area (Å²) in [5, 5.41) is 9.69. The van der Waals surface area contributed by atoms with Crippen LogP contribution < -0.4 is 0 Å². The van der Waals surface area contributed by atoms with Gasteiger partial charge in [-0.15, -0.1) is 0 Å². The molecule has 2 aliphatic rings. The number of benzene rings is 2. The zero-order valence-electron chi connectivity index (χ0n) is 16.4. The normalized spacial score (nSPS) is 16.2. The number of rotatable bonds is 3. The van der Waals surface area contributed by atoms with Crippen LogP contribution in [-0.4, -0.2) is 21.6 Å². The van der Waals surface area contributed by atoms with Crippen LogP contribution in [0.3, 0.4) is 0 Å². The van der Waals surface area contributed by atoms with Gasteiger partial charge in [-0.1, -0.05) is 35.3 Å². The smallest absolute Gasteiger partial charge is 0.335 e. The third-order valence-electron chi connectivity index (χ3n) is 6.46. The second-order valence-electron chi connectivity index (χ2n) is 8.27. The van der Waals surface area contributed by atoms with Gasteiger partial charge >= 0.3 is 5.97 Å². The Hall–Kier alpha value is -2.63. The summed E-state index contributed by atoms with van der Waals surface area (Å²) in [5.74, 6) is -2.16. The second-order valence-corrected chi connectivity index (χ2v) is 9.08. The molecule has 0 atom stereocenters. The minimum atomic E-state index is -1.19. The first-order valence-corrected chi connectivity index (χ1v) is 10.8. The number of hydrogen-bond donors (Lipinski definition) is 1. The van der Waals surface area contributed by atoms with Crippen molar-refractivity contribution >= 4 is 35.1 Å². The van der Waals surface area contributed by atoms with E-state index in [0.717, 1.165) is 43.0 Å². The van der Waals surface area contributed by atoms with Gasteiger partial charge in [0.05, 0.1) is 21.2 Å². The third kappa shape index (κ3) is 3.19. The first-order chi connectivity index (χ1) is 14.8. The molecule has 2 aromatic carbocycles. The summed E-state index contributed by atoms with van der Waals surface area (Å²) in [6.07, 6.45) is 6.28. The van der Waals surface area contributed by atoms with Crippen molar-refractivity contribution in [2.75, 3.05) is 0 Å². The molecule has 1 heterocycles. The van der Waals surface area contributed by atoms with E-state index in [2.05, 4.69) is 0 Å². The van der Waals surface area contributed by atoms with Crippen molar-refractivity contribution in [1.82, 2.24) is 4.57 Å². The Morgan fingerprint density at radius 3 is 2.35 bits per heavy atom. The molecule has 0 radical (unpaired) electrons. The maximum absolute atomic E-state index is 15.0. The van der Waals surface area contributed by atoms with E-state index in [9.17, 15) is 14.7 Å². The molecular formula is C24H18Cl2FNO3. The van der Waals surface area contributed by atoms with Crippen molar-refractivity contribution in [3.63, 3.8) is 0 Å². The van der Waals surface area contributed by atoms with Gasteiger partial charge in [-0.25, -0.2) is 9.18 Å². The van der Waals surface area contributed by atoms with E-state index in [-0.39, 0.29) is 32.5 Å². The van der Waals surface area contributed by atoms with Crippen molar-refractivity contribution in [2.24, 2.45) is 0 Å². The number of carbonyl (C=O) groups excluding carboxylic acids is 1. The minimum absolute atomic E-state index is 0.0450. The van der Waals surface area contributed by atoms with Crippen molar-refractivity contribution in [3.05, 3.63) is 80.8 Å². The van der Waals surface area contributed by atoms with Gasteiger partial charge in [0.1, 0.15) is 5.82 Å². The summed E-state index contributed by atoms with van der Waals surface area (Å²) in [5.41, 5.74) is 2.85. The molecule has 158 valence electrons. The topological polar surface area (TPSA) is 59.3 Å². The van der Waals surface area contributed by atoms with Gasteiger partial charge in [0.15, 0.2) is 0 Å². The molecule has 3 aromatic rings. The highest BCUT2D eigenvalue weighted by atomic mass is 35.5. The number of aromatic carboxylic acids is 1. The van der Waals surface area contributed by atoms with Crippen LogP contribution in [0.25, 0.3) is 11.1 Å². The van der Waals surface area contributed by atoms with Crippen LogP contribution in [0.1, 0.15) is 57.7 Å². The molecule has 0 amide bonds. The van der Waals surface area contributed by atoms with Crippen molar-refractivity contribution in [2.45, 2.75) is 37.5 Å². The van der Waals surface area contributed by atoms with Gasteiger partial charge in [0.2, 0.25) is 0 Å². The van der Waals surface area contributed by atoms with Crippen LogP contribution in [0, 0.1) is 5.82 Å². The number of hydrogen-bond acceptors (Lipinski definition) is 2. The average Bonchev–Trinajstić information content (AvgIpc) is 3.37. The lowest BCUT2D eigenvalue weighted by molar-refractivity contribution is 0.0696. The van der Waals surface area contributed by atoms with E-state index in [1.165, 1.54) is 12.1 Å². The standard InChI is InChI=1S/C24H18Cl2FNO3/c25-16-3-1-4-17(26)20(16)22(29)28-12-15(14-7-6-13(23(30)31)11-18(14)27)21-19(28)5-2-8-24(21)9-10-24/h1,3-4,6-7,11-12H,2,5,8-10H2,(H,30,31). The van der Waals surface area contributed by atoms with Crippen LogP contribution >= 0.6 is 23.2 Å². The molecule has 1 spiro atoms. The summed E-state index contributed by atoms with van der Waals surface area (Å²) in [6, 6.07) is 8.80. The number of nitrogens with zero attached hydrogens (tertiary/aromatic N) is 1. The van der Waals surface area contributed by atoms with Gasteiger partial charge in [-0.2, -0.15) is 0 Å². The average molecular weight is 458 g/mol. The van der Waals surface area contributed by atoms with Crippen LogP contribution in [0.5, 0.6) is 0 Å². The number of fused-ring (bicyclic) bond motifs is 2. The Labute approximate surface area is 188 Å². The van der Waals surface area contributed by atoms with Crippen molar-refractivity contribution in [1.29, 1.82) is 0 Å². The highest BCUT2D eigenvalue weighted by Gasteiger charge is 2.50. The lowest BCUT2D eigenvalue weighted by Crippen LogP contribution is -2.21. The Kier molecular flexibility index (Phi) is 4.72. The fourth-order valence-electron chi connectivity index (χ4n) is 4.83. The Bertz CT molecular complexity index is 1240. The first-order valence-electron chi connectivity index (χ1n) is 10.1. The van der Waals surface area contributed by atoms with E-state index in [1.54, 1.807) is 29.0 Å². The van der Waals surface area contributed by atoms with Crippen LogP contribution in [-0.2, 0) is 11.8 Å². The zero-order chi connectivity index (χ0) is 21.9. The number of carboxylic acids is 1. The fraction of sp³-hybridized carbons (Fsp3) is 0.250. The zero-order valence-corrected chi connectivity index (χ0v) is 17.9. The monoisotopic (exact) mass is 457 g/mol. The second kappa shape index (κ2) is 7.21. The molecule has 1 fully saturated rings. The highest BCUT2D eigenvalue weighted by Crippen LogP contribution is 2.58. The molecule has 31 heavy (non-hydrogen) atoms. The molecule has 5 rings (SSSR count). The van der Waals surface area contributed by atoms with Gasteiger partial charge in [0, 0.05) is 23.0 Å². The van der Waals surface area contributed by atoms with Crippen LogP contribution in [0.4, 0.5) is 4.39 Å². The molecular weight excluding hydrogens is 440 g/mol. The van der Waals surface area contributed by atoms with Crippen LogP contribution in [0.15, 0.2) is 42.6 Å². The number of carboxylic acid groups (broad SMARTS) is 1. The molecule has 1 aromatic heterocycles. The number of aromatic nitrogens is 1. The fourth-order valence-corrected chi connectivity index (χ4v) is 5.39. The summed E-state index contributed by atoms with van der Waals surface area (Å²) >= 11 is 12.6. The van der Waals surface area contributed by atoms with E-state index >= 15 is 4.39 Å². The molecule has 0 unspecified atom stereocenters. The SMILES string of the molecule is O=C(O)c1ccc(-c2cn(C(=O)c3c(Cl)cccc3Cl)c3c2C2(CCC3)CC2)c(F)c1. The maximum atomic E-state index is 15.0. The molecule has 0 saturated heterocycles. The predicted molar refractivity (Wildman–Crippen MR) is 117 cm³/mol. The van der Waals surface area contributed by atoms with Crippen LogP contribution in [0.2, 0.25) is 10.0 Å². The lowest BCUT2D eigenvalue weighted by atomic mass is 9.80. The predicted octanol–water partition coefficient (Wildman–Crippen LogP) is 6.36. The molecule has 2 aliphatic carbocycles. The van der Waals surface area contributed by atoms with Gasteiger partial charge in [-0.3, -0.25) is 9.36 Å². The molecule has 1 N–H and O–H groups in total. The Balaban J connectivity index is 1.72. The maximum Gasteiger partial charge on any atom is 0.335 e. The third-order valence-corrected chi connectivity index (χ3v) is 7.09. The highest BCUT2D eigenvalue weighted by molar-refractivity contribution is 6.39.